The van der Waals surface area contributed by atoms with Gasteiger partial charge in [0, 0.05) is 38.2 Å². The fraction of sp³-hybridized carbons (Fsp3) is 0.529. The molecular formula is C17H22N2O3. The van der Waals surface area contributed by atoms with Crippen LogP contribution in [0.5, 0.6) is 5.75 Å². The van der Waals surface area contributed by atoms with Crippen molar-refractivity contribution in [3.8, 4) is 5.75 Å². The van der Waals surface area contributed by atoms with Crippen molar-refractivity contribution in [1.82, 2.24) is 9.80 Å². The Morgan fingerprint density at radius 3 is 2.59 bits per heavy atom. The minimum Gasteiger partial charge on any atom is -0.493 e. The topological polar surface area (TPSA) is 49.9 Å². The molecule has 0 saturated carbocycles. The molecule has 2 heterocycles. The Morgan fingerprint density at radius 2 is 1.86 bits per heavy atom. The van der Waals surface area contributed by atoms with Crippen molar-refractivity contribution in [2.24, 2.45) is 0 Å². The summed E-state index contributed by atoms with van der Waals surface area (Å²) in [5.41, 5.74) is 1.84. The molecule has 3 rings (SSSR count). The normalized spacial score (nSPS) is 17.7. The number of benzene rings is 1. The second-order valence-electron chi connectivity index (χ2n) is 5.80. The van der Waals surface area contributed by atoms with Crippen LogP contribution in [-0.4, -0.2) is 54.4 Å². The first kappa shape index (κ1) is 14.9. The maximum atomic E-state index is 12.6. The first-order valence-corrected chi connectivity index (χ1v) is 8.02. The van der Waals surface area contributed by atoms with Gasteiger partial charge < -0.3 is 14.5 Å². The van der Waals surface area contributed by atoms with Gasteiger partial charge in [-0.3, -0.25) is 9.59 Å². The molecule has 0 bridgehead atoms. The van der Waals surface area contributed by atoms with Crippen LogP contribution in [0.15, 0.2) is 18.2 Å². The van der Waals surface area contributed by atoms with Crippen LogP contribution < -0.4 is 4.74 Å². The number of hydrogen-bond donors (Lipinski definition) is 0. The third kappa shape index (κ3) is 2.93. The van der Waals surface area contributed by atoms with Gasteiger partial charge in [-0.25, -0.2) is 0 Å². The lowest BCUT2D eigenvalue weighted by Gasteiger charge is -2.34. The minimum absolute atomic E-state index is 0.0528. The number of carbonyl (C=O) groups excluding carboxylic acids is 2. The molecule has 1 aromatic carbocycles. The highest BCUT2D eigenvalue weighted by Crippen LogP contribution is 2.26. The van der Waals surface area contributed by atoms with Crippen LogP contribution in [0.3, 0.4) is 0 Å². The molecule has 5 nitrogen and oxygen atoms in total. The average molecular weight is 302 g/mol. The van der Waals surface area contributed by atoms with Gasteiger partial charge in [0.2, 0.25) is 5.91 Å². The molecule has 0 N–H and O–H groups in total. The van der Waals surface area contributed by atoms with Gasteiger partial charge in [-0.2, -0.15) is 0 Å². The van der Waals surface area contributed by atoms with Gasteiger partial charge in [-0.15, -0.1) is 0 Å². The van der Waals surface area contributed by atoms with E-state index in [2.05, 4.69) is 0 Å². The maximum absolute atomic E-state index is 12.6. The van der Waals surface area contributed by atoms with Crippen molar-refractivity contribution < 1.29 is 14.3 Å². The van der Waals surface area contributed by atoms with Gasteiger partial charge in [0.15, 0.2) is 0 Å². The van der Waals surface area contributed by atoms with Crippen molar-refractivity contribution in [1.29, 1.82) is 0 Å². The van der Waals surface area contributed by atoms with Gasteiger partial charge in [-0.05, 0) is 36.6 Å². The van der Waals surface area contributed by atoms with Crippen molar-refractivity contribution in [2.45, 2.75) is 26.2 Å². The van der Waals surface area contributed by atoms with Crippen LogP contribution in [0.25, 0.3) is 0 Å². The molecule has 1 fully saturated rings. The largest absolute Gasteiger partial charge is 0.493 e. The average Bonchev–Trinajstić information content (AvgIpc) is 2.60. The van der Waals surface area contributed by atoms with Crippen LogP contribution in [0.2, 0.25) is 0 Å². The van der Waals surface area contributed by atoms with E-state index < -0.39 is 0 Å². The zero-order valence-electron chi connectivity index (χ0n) is 13.0. The van der Waals surface area contributed by atoms with E-state index >= 15 is 0 Å². The molecule has 2 aliphatic heterocycles. The Bertz CT molecular complexity index is 577. The number of amides is 2. The summed E-state index contributed by atoms with van der Waals surface area (Å²) in [6.45, 7) is 5.11. The molecule has 5 heteroatoms. The Labute approximate surface area is 130 Å². The van der Waals surface area contributed by atoms with Crippen LogP contribution in [0, 0.1) is 0 Å². The molecule has 22 heavy (non-hydrogen) atoms. The molecule has 0 aliphatic carbocycles. The smallest absolute Gasteiger partial charge is 0.253 e. The summed E-state index contributed by atoms with van der Waals surface area (Å²) in [7, 11) is 0. The molecule has 0 radical (unpaired) electrons. The highest BCUT2D eigenvalue weighted by molar-refractivity contribution is 5.94. The van der Waals surface area contributed by atoms with E-state index in [4.69, 9.17) is 4.74 Å². The van der Waals surface area contributed by atoms with Crippen molar-refractivity contribution in [3.63, 3.8) is 0 Å². The van der Waals surface area contributed by atoms with E-state index in [1.54, 1.807) is 0 Å². The summed E-state index contributed by atoms with van der Waals surface area (Å²) in [5, 5.41) is 0. The Morgan fingerprint density at radius 1 is 1.14 bits per heavy atom. The predicted octanol–water partition coefficient (Wildman–Crippen LogP) is 1.71. The fourth-order valence-corrected chi connectivity index (χ4v) is 3.06. The molecule has 1 saturated heterocycles. The zero-order valence-corrected chi connectivity index (χ0v) is 13.0. The first-order valence-electron chi connectivity index (χ1n) is 8.02. The summed E-state index contributed by atoms with van der Waals surface area (Å²) in [6.07, 6.45) is 2.50. The molecule has 2 amide bonds. The lowest BCUT2D eigenvalue weighted by Crippen LogP contribution is -2.50. The number of fused-ring (bicyclic) bond motifs is 1. The number of ether oxygens (including phenoxy) is 1. The first-order chi connectivity index (χ1) is 10.7. The standard InChI is InChI=1S/C17H22N2O3/c1-2-16(20)18-7-9-19(10-8-18)17(21)14-5-6-15-13(12-14)4-3-11-22-15/h5-6,12H,2-4,7-11H2,1H3. The summed E-state index contributed by atoms with van der Waals surface area (Å²) >= 11 is 0. The quantitative estimate of drug-likeness (QED) is 0.835. The second-order valence-corrected chi connectivity index (χ2v) is 5.80. The van der Waals surface area contributed by atoms with Gasteiger partial charge in [0.25, 0.3) is 5.91 Å². The molecule has 0 aromatic heterocycles. The number of aryl methyl sites for hydroxylation is 1. The van der Waals surface area contributed by atoms with Crippen LogP contribution in [0.1, 0.15) is 35.7 Å². The van der Waals surface area contributed by atoms with E-state index in [0.29, 0.717) is 32.6 Å². The molecule has 1 aromatic rings. The number of nitrogens with zero attached hydrogens (tertiary/aromatic N) is 2. The predicted molar refractivity (Wildman–Crippen MR) is 83.0 cm³/mol. The van der Waals surface area contributed by atoms with Crippen molar-refractivity contribution in [3.05, 3.63) is 29.3 Å². The Kier molecular flexibility index (Phi) is 4.32. The molecule has 2 aliphatic rings. The fourth-order valence-electron chi connectivity index (χ4n) is 3.06. The number of piperazine rings is 1. The third-order valence-electron chi connectivity index (χ3n) is 4.38. The Hall–Kier alpha value is -2.04. The van der Waals surface area contributed by atoms with Gasteiger partial charge >= 0.3 is 0 Å². The highest BCUT2D eigenvalue weighted by Gasteiger charge is 2.24. The van der Waals surface area contributed by atoms with E-state index in [9.17, 15) is 9.59 Å². The second kappa shape index (κ2) is 6.38. The molecular weight excluding hydrogens is 280 g/mol. The van der Waals surface area contributed by atoms with Gasteiger partial charge in [-0.1, -0.05) is 6.92 Å². The lowest BCUT2D eigenvalue weighted by atomic mass is 10.0. The summed E-state index contributed by atoms with van der Waals surface area (Å²) in [6, 6.07) is 5.70. The van der Waals surface area contributed by atoms with E-state index in [-0.39, 0.29) is 11.8 Å². The van der Waals surface area contributed by atoms with E-state index in [0.717, 1.165) is 36.3 Å². The number of rotatable bonds is 2. The minimum atomic E-state index is 0.0528. The van der Waals surface area contributed by atoms with Crippen molar-refractivity contribution in [2.75, 3.05) is 32.8 Å². The third-order valence-corrected chi connectivity index (χ3v) is 4.38. The van der Waals surface area contributed by atoms with Gasteiger partial charge in [0.1, 0.15) is 5.75 Å². The molecule has 0 atom stereocenters. The molecule has 118 valence electrons. The van der Waals surface area contributed by atoms with Gasteiger partial charge in [0.05, 0.1) is 6.61 Å². The van der Waals surface area contributed by atoms with Crippen LogP contribution >= 0.6 is 0 Å². The highest BCUT2D eigenvalue weighted by atomic mass is 16.5. The summed E-state index contributed by atoms with van der Waals surface area (Å²) in [4.78, 5) is 28.0. The summed E-state index contributed by atoms with van der Waals surface area (Å²) in [5.74, 6) is 1.12. The monoisotopic (exact) mass is 302 g/mol. The summed E-state index contributed by atoms with van der Waals surface area (Å²) < 4.78 is 5.59. The van der Waals surface area contributed by atoms with E-state index in [1.807, 2.05) is 34.9 Å². The zero-order chi connectivity index (χ0) is 15.5. The lowest BCUT2D eigenvalue weighted by molar-refractivity contribution is -0.132. The maximum Gasteiger partial charge on any atom is 0.253 e. The molecule has 0 unspecified atom stereocenters. The van der Waals surface area contributed by atoms with Crippen molar-refractivity contribution >= 4 is 11.8 Å². The molecule has 0 spiro atoms. The van der Waals surface area contributed by atoms with E-state index in [1.165, 1.54) is 0 Å². The van der Waals surface area contributed by atoms with Crippen LogP contribution in [0.4, 0.5) is 0 Å². The number of carbonyl (C=O) groups is 2. The number of hydrogen-bond acceptors (Lipinski definition) is 3. The SMILES string of the molecule is CCC(=O)N1CCN(C(=O)c2ccc3c(c2)CCCO3)CC1. The Balaban J connectivity index is 1.66. The van der Waals surface area contributed by atoms with Crippen LogP contribution in [-0.2, 0) is 11.2 Å².